The van der Waals surface area contributed by atoms with Crippen molar-refractivity contribution in [2.45, 2.75) is 0 Å². The molecule has 0 spiro atoms. The first-order valence-corrected chi connectivity index (χ1v) is 20.0. The van der Waals surface area contributed by atoms with Gasteiger partial charge in [-0.05, 0) is 66.7 Å². The Hall–Kier alpha value is -7.95. The molecule has 0 aliphatic carbocycles. The van der Waals surface area contributed by atoms with Crippen molar-refractivity contribution >= 4 is 58.2 Å². The average molecular weight is 819 g/mol. The quantitative estimate of drug-likeness (QED) is 0.0776. The number of hydrogen-bond donors (Lipinski definition) is 4. The van der Waals surface area contributed by atoms with Gasteiger partial charge in [0.2, 0.25) is 0 Å². The van der Waals surface area contributed by atoms with Crippen LogP contribution in [0.3, 0.4) is 0 Å². The van der Waals surface area contributed by atoms with Gasteiger partial charge in [-0.3, -0.25) is 9.59 Å². The lowest BCUT2D eigenvalue weighted by Gasteiger charge is -2.23. The predicted molar refractivity (Wildman–Crippen MR) is 228 cm³/mol. The normalized spacial score (nSPS) is 10.9. The lowest BCUT2D eigenvalue weighted by Crippen LogP contribution is -2.26. The number of carboxylic acids is 2. The summed E-state index contributed by atoms with van der Waals surface area (Å²) >= 11 is 0. The van der Waals surface area contributed by atoms with E-state index in [1.807, 2.05) is 12.1 Å². The summed E-state index contributed by atoms with van der Waals surface area (Å²) < 4.78 is 33.6. The molecule has 298 valence electrons. The van der Waals surface area contributed by atoms with Gasteiger partial charge in [0, 0.05) is 40.2 Å². The van der Waals surface area contributed by atoms with Crippen LogP contribution in [0, 0.1) is 0 Å². The molecule has 0 aromatic heterocycles. The second-order valence-electron chi connectivity index (χ2n) is 13.1. The zero-order valence-corrected chi connectivity index (χ0v) is 32.7. The molecule has 60 heavy (non-hydrogen) atoms. The largest absolute Gasteiger partial charge is 0.497 e. The molecule has 0 unspecified atom stereocenters. The molecule has 0 atom stereocenters. The Labute approximate surface area is 344 Å². The summed E-state index contributed by atoms with van der Waals surface area (Å²) in [4.78, 5) is 50.2. The zero-order chi connectivity index (χ0) is 42.2. The van der Waals surface area contributed by atoms with E-state index < -0.39 is 30.9 Å². The van der Waals surface area contributed by atoms with Crippen LogP contribution < -0.4 is 40.8 Å². The molecule has 7 aromatic carbocycles. The Morgan fingerprint density at radius 3 is 1.52 bits per heavy atom. The second-order valence-corrected chi connectivity index (χ2v) is 15.9. The highest BCUT2D eigenvalue weighted by atomic mass is 31.2. The Kier molecular flexibility index (Phi) is 11.9. The Balaban J connectivity index is 1.25. The number of rotatable bonds is 14. The molecule has 7 rings (SSSR count). The Morgan fingerprint density at radius 1 is 0.467 bits per heavy atom. The van der Waals surface area contributed by atoms with E-state index in [1.165, 1.54) is 43.5 Å². The van der Waals surface area contributed by atoms with Crippen LogP contribution in [0.15, 0.2) is 170 Å². The number of anilines is 2. The van der Waals surface area contributed by atoms with E-state index in [4.69, 9.17) is 14.2 Å². The van der Waals surface area contributed by atoms with Crippen LogP contribution in [0.1, 0.15) is 41.4 Å². The van der Waals surface area contributed by atoms with E-state index in [0.29, 0.717) is 33.1 Å². The van der Waals surface area contributed by atoms with Crippen molar-refractivity contribution in [3.05, 3.63) is 192 Å². The van der Waals surface area contributed by atoms with E-state index in [-0.39, 0.29) is 45.2 Å². The van der Waals surface area contributed by atoms with Crippen LogP contribution in [0.4, 0.5) is 11.4 Å². The molecule has 0 aliphatic rings. The summed E-state index contributed by atoms with van der Waals surface area (Å²) in [6.45, 7) is 0. The summed E-state index contributed by atoms with van der Waals surface area (Å²) in [6, 6.07) is 45.9. The minimum absolute atomic E-state index is 0.0103. The van der Waals surface area contributed by atoms with Gasteiger partial charge in [-0.15, -0.1) is 0 Å². The van der Waals surface area contributed by atoms with Crippen molar-refractivity contribution in [2.75, 3.05) is 17.7 Å². The van der Waals surface area contributed by atoms with Gasteiger partial charge >= 0.3 is 11.9 Å². The molecular weight excluding hydrogens is 783 g/mol. The number of aromatic carboxylic acids is 2. The lowest BCUT2D eigenvalue weighted by atomic mass is 10.1. The third-order valence-electron chi connectivity index (χ3n) is 9.26. The summed E-state index contributed by atoms with van der Waals surface area (Å²) in [5, 5.41) is 26.2. The highest BCUT2D eigenvalue weighted by molar-refractivity contribution is 7.85. The van der Waals surface area contributed by atoms with Crippen molar-refractivity contribution in [2.24, 2.45) is 0 Å². The maximum atomic E-state index is 15.6. The zero-order valence-electron chi connectivity index (χ0n) is 31.8. The summed E-state index contributed by atoms with van der Waals surface area (Å²) in [5.41, 5.74) is 0.146. The predicted octanol–water partition coefficient (Wildman–Crippen LogP) is 8.82. The van der Waals surface area contributed by atoms with Gasteiger partial charge in [-0.25, -0.2) is 9.59 Å². The standard InChI is InChI=1S/C47H35N2O10P/c1-57-32-22-24-40(47(54)55)41(28-32)45(51)49-31-13-11-15-34(27-31)59-42-29-35(23-25-43(42)60(56,36-16-4-2-5-17-36)37-18-6-3-7-19-37)58-33-14-10-12-30(26-33)48-44(50)38-20-8-9-21-39(38)46(52)53/h2-29H,1H3,(H,48,50)(H,49,51)(H,52,53)(H,54,55). The molecule has 7 aromatic rings. The van der Waals surface area contributed by atoms with Gasteiger partial charge in [-0.2, -0.15) is 0 Å². The minimum Gasteiger partial charge on any atom is -0.497 e. The highest BCUT2D eigenvalue weighted by Gasteiger charge is 2.33. The van der Waals surface area contributed by atoms with Crippen LogP contribution in [0.5, 0.6) is 28.7 Å². The maximum Gasteiger partial charge on any atom is 0.336 e. The third kappa shape index (κ3) is 8.79. The fourth-order valence-corrected chi connectivity index (χ4v) is 9.17. The van der Waals surface area contributed by atoms with Gasteiger partial charge in [0.15, 0.2) is 7.14 Å². The SMILES string of the molecule is COc1ccc(C(=O)O)c(C(=O)Nc2cccc(Oc3cc(Oc4cccc(NC(=O)c5ccccc5C(=O)O)c4)ccc3P(=O)(c3ccccc3)c3ccccc3)c2)c1. The molecule has 4 N–H and O–H groups in total. The fourth-order valence-electron chi connectivity index (χ4n) is 6.43. The molecule has 0 heterocycles. The van der Waals surface area contributed by atoms with E-state index in [9.17, 15) is 29.4 Å². The van der Waals surface area contributed by atoms with Crippen molar-refractivity contribution in [3.8, 4) is 28.7 Å². The van der Waals surface area contributed by atoms with Gasteiger partial charge in [-0.1, -0.05) is 84.9 Å². The number of carbonyl (C=O) groups excluding carboxylic acids is 2. The van der Waals surface area contributed by atoms with Crippen LogP contribution in [-0.2, 0) is 4.57 Å². The van der Waals surface area contributed by atoms with Crippen LogP contribution in [0.2, 0.25) is 0 Å². The molecule has 13 heteroatoms. The number of methoxy groups -OCH3 is 1. The minimum atomic E-state index is -3.62. The van der Waals surface area contributed by atoms with Crippen LogP contribution >= 0.6 is 7.14 Å². The molecule has 0 bridgehead atoms. The molecule has 0 saturated heterocycles. The van der Waals surface area contributed by atoms with Gasteiger partial charge in [0.25, 0.3) is 11.8 Å². The fraction of sp³-hybridized carbons (Fsp3) is 0.0213. The lowest BCUT2D eigenvalue weighted by molar-refractivity contribution is 0.0683. The van der Waals surface area contributed by atoms with Crippen LogP contribution in [0.25, 0.3) is 0 Å². The monoisotopic (exact) mass is 818 g/mol. The highest BCUT2D eigenvalue weighted by Crippen LogP contribution is 2.47. The summed E-state index contributed by atoms with van der Waals surface area (Å²) in [5.74, 6) is -2.52. The van der Waals surface area contributed by atoms with Gasteiger partial charge < -0.3 is 39.6 Å². The molecule has 2 amide bonds. The van der Waals surface area contributed by atoms with Gasteiger partial charge in [0.1, 0.15) is 28.7 Å². The molecule has 0 saturated carbocycles. The van der Waals surface area contributed by atoms with Crippen molar-refractivity contribution < 1.29 is 48.2 Å². The molecule has 12 nitrogen and oxygen atoms in total. The summed E-state index contributed by atoms with van der Waals surface area (Å²) in [7, 11) is -2.22. The van der Waals surface area contributed by atoms with Gasteiger partial charge in [0.05, 0.1) is 34.7 Å². The number of ether oxygens (including phenoxy) is 3. The number of carbonyl (C=O) groups is 4. The van der Waals surface area contributed by atoms with E-state index in [0.717, 1.165) is 0 Å². The Morgan fingerprint density at radius 2 is 0.950 bits per heavy atom. The van der Waals surface area contributed by atoms with Crippen molar-refractivity contribution in [1.82, 2.24) is 0 Å². The molecular formula is C47H35N2O10P. The molecule has 0 aliphatic heterocycles. The first-order valence-electron chi connectivity index (χ1n) is 18.3. The molecule has 0 fully saturated rings. The Bertz CT molecular complexity index is 2750. The van der Waals surface area contributed by atoms with Crippen molar-refractivity contribution in [3.63, 3.8) is 0 Å². The van der Waals surface area contributed by atoms with E-state index in [1.54, 1.807) is 121 Å². The number of carboxylic acid groups (broad SMARTS) is 2. The first-order chi connectivity index (χ1) is 29.0. The smallest absolute Gasteiger partial charge is 0.336 e. The topological polar surface area (TPSA) is 178 Å². The average Bonchev–Trinajstić information content (AvgIpc) is 3.26. The number of hydrogen-bond acceptors (Lipinski definition) is 8. The van der Waals surface area contributed by atoms with Crippen LogP contribution in [-0.4, -0.2) is 41.1 Å². The third-order valence-corrected chi connectivity index (χ3v) is 12.4. The van der Waals surface area contributed by atoms with E-state index >= 15 is 4.57 Å². The van der Waals surface area contributed by atoms with E-state index in [2.05, 4.69) is 10.6 Å². The number of nitrogens with one attached hydrogen (secondary N) is 2. The summed E-state index contributed by atoms with van der Waals surface area (Å²) in [6.07, 6.45) is 0. The number of amides is 2. The first kappa shape index (κ1) is 40.3. The van der Waals surface area contributed by atoms with Crippen molar-refractivity contribution in [1.29, 1.82) is 0 Å². The maximum absolute atomic E-state index is 15.6. The molecule has 0 radical (unpaired) electrons. The number of benzene rings is 7. The second kappa shape index (κ2) is 17.7.